The van der Waals surface area contributed by atoms with Gasteiger partial charge in [-0.1, -0.05) is 35.3 Å². The standard InChI is InChI=1S/C22H21BFN3/c1-17-2-8-20(9-3-17)25-14-26(21-10-4-18(23)5-11-21)16-27(15-25)22-12-6-19(24)7-13-22/h2-13H,14-16H2,1H3. The first-order valence-corrected chi connectivity index (χ1v) is 9.01. The number of anilines is 3. The summed E-state index contributed by atoms with van der Waals surface area (Å²) in [6.45, 7) is 4.31. The summed E-state index contributed by atoms with van der Waals surface area (Å²) >= 11 is 0. The lowest BCUT2D eigenvalue weighted by Crippen LogP contribution is -2.55. The van der Waals surface area contributed by atoms with Crippen molar-refractivity contribution >= 4 is 30.4 Å². The van der Waals surface area contributed by atoms with E-state index in [0.717, 1.165) is 42.5 Å². The molecule has 0 bridgehead atoms. The van der Waals surface area contributed by atoms with Gasteiger partial charge in [0.25, 0.3) is 0 Å². The van der Waals surface area contributed by atoms with E-state index in [1.807, 2.05) is 36.4 Å². The highest BCUT2D eigenvalue weighted by Crippen LogP contribution is 2.26. The molecule has 1 aliphatic rings. The van der Waals surface area contributed by atoms with Gasteiger partial charge in [-0.05, 0) is 55.5 Å². The van der Waals surface area contributed by atoms with Gasteiger partial charge in [0, 0.05) is 17.1 Å². The molecule has 134 valence electrons. The quantitative estimate of drug-likeness (QED) is 0.663. The van der Waals surface area contributed by atoms with Gasteiger partial charge in [0.05, 0.1) is 20.0 Å². The zero-order chi connectivity index (χ0) is 18.8. The molecule has 1 fully saturated rings. The molecule has 1 heterocycles. The van der Waals surface area contributed by atoms with Gasteiger partial charge in [0.2, 0.25) is 0 Å². The van der Waals surface area contributed by atoms with E-state index < -0.39 is 0 Å². The maximum atomic E-state index is 13.4. The van der Waals surface area contributed by atoms with Crippen LogP contribution in [0.3, 0.4) is 0 Å². The summed E-state index contributed by atoms with van der Waals surface area (Å²) in [6.07, 6.45) is 0. The van der Waals surface area contributed by atoms with Crippen LogP contribution in [0.4, 0.5) is 21.5 Å². The number of benzene rings is 3. The second kappa shape index (κ2) is 7.35. The lowest BCUT2D eigenvalue weighted by Gasteiger charge is -2.45. The SMILES string of the molecule is [B]c1ccc(N2CN(c3ccc(C)cc3)CN(c3ccc(F)cc3)C2)cc1. The third kappa shape index (κ3) is 3.92. The highest BCUT2D eigenvalue weighted by molar-refractivity contribution is 6.32. The third-order valence-corrected chi connectivity index (χ3v) is 4.87. The molecule has 4 rings (SSSR count). The van der Waals surface area contributed by atoms with Crippen molar-refractivity contribution in [2.75, 3.05) is 34.7 Å². The Bertz CT molecular complexity index is 766. The molecule has 3 aromatic rings. The van der Waals surface area contributed by atoms with Gasteiger partial charge in [-0.2, -0.15) is 0 Å². The van der Waals surface area contributed by atoms with Crippen LogP contribution in [0, 0.1) is 12.7 Å². The molecule has 2 radical (unpaired) electrons. The van der Waals surface area contributed by atoms with Crippen LogP contribution in [0.25, 0.3) is 0 Å². The molecule has 0 spiro atoms. The molecule has 0 N–H and O–H groups in total. The number of hydrogen-bond donors (Lipinski definition) is 0. The van der Waals surface area contributed by atoms with Gasteiger partial charge < -0.3 is 14.7 Å². The average Bonchev–Trinajstić information content (AvgIpc) is 2.69. The summed E-state index contributed by atoms with van der Waals surface area (Å²) in [5.41, 5.74) is 5.25. The summed E-state index contributed by atoms with van der Waals surface area (Å²) < 4.78 is 13.4. The predicted molar refractivity (Wildman–Crippen MR) is 111 cm³/mol. The summed E-state index contributed by atoms with van der Waals surface area (Å²) in [7, 11) is 5.85. The molecule has 5 heteroatoms. The summed E-state index contributed by atoms with van der Waals surface area (Å²) in [4.78, 5) is 6.83. The van der Waals surface area contributed by atoms with Crippen molar-refractivity contribution in [1.29, 1.82) is 0 Å². The molecule has 1 saturated heterocycles. The zero-order valence-corrected chi connectivity index (χ0v) is 15.3. The monoisotopic (exact) mass is 357 g/mol. The van der Waals surface area contributed by atoms with Crippen LogP contribution in [-0.4, -0.2) is 27.9 Å². The second-order valence-electron chi connectivity index (χ2n) is 6.95. The van der Waals surface area contributed by atoms with E-state index in [1.54, 1.807) is 0 Å². The maximum Gasteiger partial charge on any atom is 0.123 e. The summed E-state index contributed by atoms with van der Waals surface area (Å²) in [5.74, 6) is -0.221. The van der Waals surface area contributed by atoms with Gasteiger partial charge in [-0.25, -0.2) is 4.39 Å². The van der Waals surface area contributed by atoms with Gasteiger partial charge in [0.15, 0.2) is 0 Å². The Morgan fingerprint density at radius 3 is 1.44 bits per heavy atom. The van der Waals surface area contributed by atoms with E-state index in [4.69, 9.17) is 7.85 Å². The topological polar surface area (TPSA) is 9.72 Å². The minimum atomic E-state index is -0.221. The number of rotatable bonds is 3. The fourth-order valence-corrected chi connectivity index (χ4v) is 3.33. The molecular formula is C22H21BFN3. The summed E-state index contributed by atoms with van der Waals surface area (Å²) in [6, 6.07) is 23.1. The second-order valence-corrected chi connectivity index (χ2v) is 6.95. The predicted octanol–water partition coefficient (Wildman–Crippen LogP) is 3.63. The Morgan fingerprint density at radius 2 is 1.00 bits per heavy atom. The van der Waals surface area contributed by atoms with Gasteiger partial charge in [-0.15, -0.1) is 0 Å². The van der Waals surface area contributed by atoms with Crippen LogP contribution < -0.4 is 20.2 Å². The first-order valence-electron chi connectivity index (χ1n) is 9.01. The van der Waals surface area contributed by atoms with Gasteiger partial charge in [-0.3, -0.25) is 0 Å². The average molecular weight is 357 g/mol. The number of aryl methyl sites for hydroxylation is 1. The summed E-state index contributed by atoms with van der Waals surface area (Å²) in [5, 5.41) is 0. The van der Waals surface area contributed by atoms with Crippen molar-refractivity contribution < 1.29 is 4.39 Å². The lowest BCUT2D eigenvalue weighted by molar-refractivity contribution is 0.607. The van der Waals surface area contributed by atoms with E-state index >= 15 is 0 Å². The zero-order valence-electron chi connectivity index (χ0n) is 15.3. The molecule has 0 aromatic heterocycles. The molecule has 27 heavy (non-hydrogen) atoms. The van der Waals surface area contributed by atoms with Crippen molar-refractivity contribution in [2.24, 2.45) is 0 Å². The van der Waals surface area contributed by atoms with Crippen LogP contribution in [-0.2, 0) is 0 Å². The van der Waals surface area contributed by atoms with Gasteiger partial charge >= 0.3 is 0 Å². The molecular weight excluding hydrogens is 336 g/mol. The minimum Gasteiger partial charge on any atom is -0.336 e. The number of hydrogen-bond acceptors (Lipinski definition) is 3. The Kier molecular flexibility index (Phi) is 4.76. The smallest absolute Gasteiger partial charge is 0.123 e. The number of halogens is 1. The van der Waals surface area contributed by atoms with Crippen LogP contribution >= 0.6 is 0 Å². The molecule has 0 unspecified atom stereocenters. The Hall–Kier alpha value is -2.95. The van der Waals surface area contributed by atoms with E-state index in [1.165, 1.54) is 17.7 Å². The van der Waals surface area contributed by atoms with Crippen molar-refractivity contribution in [1.82, 2.24) is 0 Å². The van der Waals surface area contributed by atoms with E-state index in [-0.39, 0.29) is 5.82 Å². The molecule has 3 nitrogen and oxygen atoms in total. The Morgan fingerprint density at radius 1 is 0.630 bits per heavy atom. The van der Waals surface area contributed by atoms with Crippen molar-refractivity contribution in [3.63, 3.8) is 0 Å². The van der Waals surface area contributed by atoms with E-state index in [9.17, 15) is 4.39 Å². The first-order chi connectivity index (χ1) is 13.1. The first kappa shape index (κ1) is 17.5. The Labute approximate surface area is 161 Å². The fourth-order valence-electron chi connectivity index (χ4n) is 3.33. The largest absolute Gasteiger partial charge is 0.336 e. The Balaban J connectivity index is 1.66. The number of nitrogens with zero attached hydrogens (tertiary/aromatic N) is 3. The van der Waals surface area contributed by atoms with Crippen LogP contribution in [0.5, 0.6) is 0 Å². The van der Waals surface area contributed by atoms with E-state index in [0.29, 0.717) is 0 Å². The molecule has 1 aliphatic heterocycles. The van der Waals surface area contributed by atoms with Crippen molar-refractivity contribution in [2.45, 2.75) is 6.92 Å². The highest BCUT2D eigenvalue weighted by atomic mass is 19.1. The van der Waals surface area contributed by atoms with Crippen LogP contribution in [0.1, 0.15) is 5.56 Å². The third-order valence-electron chi connectivity index (χ3n) is 4.87. The normalized spacial score (nSPS) is 14.5. The molecule has 3 aromatic carbocycles. The van der Waals surface area contributed by atoms with Crippen molar-refractivity contribution in [3.05, 3.63) is 84.2 Å². The van der Waals surface area contributed by atoms with E-state index in [2.05, 4.69) is 45.9 Å². The maximum absolute atomic E-state index is 13.4. The molecule has 0 amide bonds. The molecule has 0 saturated carbocycles. The molecule has 0 aliphatic carbocycles. The van der Waals surface area contributed by atoms with Gasteiger partial charge in [0.1, 0.15) is 13.7 Å². The minimum absolute atomic E-state index is 0.221. The fraction of sp³-hybridized carbons (Fsp3) is 0.182. The van der Waals surface area contributed by atoms with Crippen LogP contribution in [0.2, 0.25) is 0 Å². The lowest BCUT2D eigenvalue weighted by atomic mass is 9.96. The van der Waals surface area contributed by atoms with Crippen LogP contribution in [0.15, 0.2) is 72.8 Å². The highest BCUT2D eigenvalue weighted by Gasteiger charge is 2.24. The molecule has 0 atom stereocenters. The van der Waals surface area contributed by atoms with Crippen molar-refractivity contribution in [3.8, 4) is 0 Å².